The van der Waals surface area contributed by atoms with Crippen molar-refractivity contribution in [3.05, 3.63) is 63.8 Å². The predicted molar refractivity (Wildman–Crippen MR) is 134 cm³/mol. The van der Waals surface area contributed by atoms with Crippen LogP contribution >= 0.6 is 23.2 Å². The van der Waals surface area contributed by atoms with Crippen molar-refractivity contribution in [2.24, 2.45) is 0 Å². The molecule has 0 radical (unpaired) electrons. The fourth-order valence-corrected chi connectivity index (χ4v) is 4.42. The van der Waals surface area contributed by atoms with Gasteiger partial charge in [0.05, 0.1) is 5.02 Å². The van der Waals surface area contributed by atoms with Crippen LogP contribution in [0.1, 0.15) is 43.2 Å². The van der Waals surface area contributed by atoms with E-state index in [1.807, 2.05) is 12.1 Å². The number of amides is 1. The smallest absolute Gasteiger partial charge is 0.267 e. The van der Waals surface area contributed by atoms with Gasteiger partial charge >= 0.3 is 0 Å². The number of carbonyl (C=O) groups is 1. The highest BCUT2D eigenvalue weighted by atomic mass is 35.5. The molecule has 2 aliphatic rings. The molecule has 3 heterocycles. The number of carbonyl (C=O) groups excluding carboxylic acids is 1. The van der Waals surface area contributed by atoms with E-state index in [2.05, 4.69) is 32.8 Å². The first-order valence-corrected chi connectivity index (χ1v) is 12.4. The molecule has 0 bridgehead atoms. The quantitative estimate of drug-likeness (QED) is 0.386. The van der Waals surface area contributed by atoms with Crippen molar-refractivity contribution in [1.29, 1.82) is 0 Å². The molecule has 0 aliphatic carbocycles. The molecule has 0 saturated carbocycles. The van der Waals surface area contributed by atoms with Crippen LogP contribution in [0.5, 0.6) is 0 Å². The average Bonchev–Trinajstić information content (AvgIpc) is 2.86. The molecule has 9 heteroatoms. The molecule has 2 fully saturated rings. The van der Waals surface area contributed by atoms with E-state index in [0.29, 0.717) is 23.5 Å². The summed E-state index contributed by atoms with van der Waals surface area (Å²) < 4.78 is 5.42. The number of hydrogen-bond acceptors (Lipinski definition) is 6. The van der Waals surface area contributed by atoms with E-state index in [4.69, 9.17) is 32.8 Å². The SMILES string of the molecule is O=C(C=Cc1cnc(NC2CCN(Cc3ccc(Cl)cc3)CC2)c(Cl)c1)NOC1CCCCO1. The van der Waals surface area contributed by atoms with Crippen LogP contribution in [0.2, 0.25) is 10.0 Å². The first kappa shape index (κ1) is 24.9. The number of hydrogen-bond donors (Lipinski definition) is 2. The number of hydroxylamine groups is 1. The number of benzene rings is 1. The van der Waals surface area contributed by atoms with Crippen molar-refractivity contribution in [2.75, 3.05) is 25.0 Å². The van der Waals surface area contributed by atoms with Gasteiger partial charge in [-0.15, -0.1) is 0 Å². The monoisotopic (exact) mass is 504 g/mol. The minimum absolute atomic E-state index is 0.317. The third-order valence-electron chi connectivity index (χ3n) is 5.97. The maximum Gasteiger partial charge on any atom is 0.267 e. The molecule has 182 valence electrons. The molecular weight excluding hydrogens is 475 g/mol. The highest BCUT2D eigenvalue weighted by Gasteiger charge is 2.20. The van der Waals surface area contributed by atoms with Gasteiger partial charge in [0.1, 0.15) is 5.82 Å². The third kappa shape index (κ3) is 7.68. The van der Waals surface area contributed by atoms with Crippen LogP contribution in [0.4, 0.5) is 5.82 Å². The van der Waals surface area contributed by atoms with Crippen LogP contribution in [-0.2, 0) is 20.9 Å². The number of ether oxygens (including phenoxy) is 1. The molecule has 2 aliphatic heterocycles. The van der Waals surface area contributed by atoms with Gasteiger partial charge in [-0.25, -0.2) is 15.3 Å². The Morgan fingerprint density at radius 2 is 1.97 bits per heavy atom. The third-order valence-corrected chi connectivity index (χ3v) is 6.51. The summed E-state index contributed by atoms with van der Waals surface area (Å²) in [6, 6.07) is 10.1. The van der Waals surface area contributed by atoms with Crippen molar-refractivity contribution in [1.82, 2.24) is 15.4 Å². The lowest BCUT2D eigenvalue weighted by molar-refractivity contribution is -0.198. The number of aromatic nitrogens is 1. The Labute approximate surface area is 210 Å². The highest BCUT2D eigenvalue weighted by Crippen LogP contribution is 2.24. The number of nitrogens with zero attached hydrogens (tertiary/aromatic N) is 2. The first-order valence-electron chi connectivity index (χ1n) is 11.7. The van der Waals surface area contributed by atoms with Crippen molar-refractivity contribution >= 4 is 41.0 Å². The second-order valence-corrected chi connectivity index (χ2v) is 9.48. The zero-order chi connectivity index (χ0) is 23.8. The lowest BCUT2D eigenvalue weighted by Crippen LogP contribution is -2.38. The molecule has 2 N–H and O–H groups in total. The molecule has 7 nitrogen and oxygen atoms in total. The lowest BCUT2D eigenvalue weighted by atomic mass is 10.0. The Morgan fingerprint density at radius 1 is 1.18 bits per heavy atom. The molecule has 1 unspecified atom stereocenters. The Balaban J connectivity index is 1.21. The molecule has 1 aromatic heterocycles. The molecule has 1 amide bonds. The van der Waals surface area contributed by atoms with Crippen LogP contribution in [0, 0.1) is 0 Å². The second kappa shape index (κ2) is 12.5. The van der Waals surface area contributed by atoms with Crippen LogP contribution in [0.15, 0.2) is 42.6 Å². The van der Waals surface area contributed by atoms with Gasteiger partial charge in [-0.3, -0.25) is 9.69 Å². The minimum atomic E-state index is -0.378. The Bertz CT molecular complexity index is 973. The van der Waals surface area contributed by atoms with E-state index in [-0.39, 0.29) is 12.2 Å². The number of likely N-dealkylation sites (tertiary alicyclic amines) is 1. The maximum atomic E-state index is 12.0. The molecule has 1 atom stereocenters. The summed E-state index contributed by atoms with van der Waals surface area (Å²) in [6.45, 7) is 3.59. The van der Waals surface area contributed by atoms with Crippen molar-refractivity contribution in [3.63, 3.8) is 0 Å². The van der Waals surface area contributed by atoms with E-state index in [1.165, 1.54) is 11.6 Å². The number of halogens is 2. The molecule has 0 spiro atoms. The van der Waals surface area contributed by atoms with Crippen LogP contribution in [0.25, 0.3) is 6.08 Å². The van der Waals surface area contributed by atoms with E-state index >= 15 is 0 Å². The number of piperidine rings is 1. The van der Waals surface area contributed by atoms with Gasteiger partial charge in [0.25, 0.3) is 5.91 Å². The zero-order valence-electron chi connectivity index (χ0n) is 19.0. The number of anilines is 1. The first-order chi connectivity index (χ1) is 16.5. The predicted octanol–water partition coefficient (Wildman–Crippen LogP) is 5.05. The highest BCUT2D eigenvalue weighted by molar-refractivity contribution is 6.33. The largest absolute Gasteiger partial charge is 0.366 e. The van der Waals surface area contributed by atoms with Crippen LogP contribution < -0.4 is 10.8 Å². The van der Waals surface area contributed by atoms with Gasteiger partial charge in [0, 0.05) is 56.0 Å². The van der Waals surface area contributed by atoms with Gasteiger partial charge < -0.3 is 10.1 Å². The lowest BCUT2D eigenvalue weighted by Gasteiger charge is -2.32. The topological polar surface area (TPSA) is 75.7 Å². The van der Waals surface area contributed by atoms with Gasteiger partial charge in [-0.2, -0.15) is 0 Å². The van der Waals surface area contributed by atoms with E-state index in [9.17, 15) is 4.79 Å². The summed E-state index contributed by atoms with van der Waals surface area (Å²) in [5, 5.41) is 4.75. The number of nitrogens with one attached hydrogen (secondary N) is 2. The fourth-order valence-electron chi connectivity index (χ4n) is 4.06. The maximum absolute atomic E-state index is 12.0. The summed E-state index contributed by atoms with van der Waals surface area (Å²) in [5.74, 6) is 0.301. The molecule has 1 aromatic carbocycles. The number of pyridine rings is 1. The Morgan fingerprint density at radius 3 is 2.68 bits per heavy atom. The minimum Gasteiger partial charge on any atom is -0.366 e. The van der Waals surface area contributed by atoms with E-state index < -0.39 is 0 Å². The summed E-state index contributed by atoms with van der Waals surface area (Å²) >= 11 is 12.4. The number of rotatable bonds is 8. The summed E-state index contributed by atoms with van der Waals surface area (Å²) in [4.78, 5) is 24.2. The van der Waals surface area contributed by atoms with Crippen molar-refractivity contribution in [2.45, 2.75) is 51.0 Å². The van der Waals surface area contributed by atoms with Gasteiger partial charge in [0.2, 0.25) is 0 Å². The summed E-state index contributed by atoms with van der Waals surface area (Å²) in [5.41, 5.74) is 4.40. The molecule has 4 rings (SSSR count). The van der Waals surface area contributed by atoms with Crippen LogP contribution in [-0.4, -0.2) is 47.8 Å². The standard InChI is InChI=1S/C25H30Cl2N4O3/c26-20-7-4-18(5-8-20)17-31-12-10-21(11-13-31)29-25-22(27)15-19(16-28-25)6-9-23(32)30-34-24-3-1-2-14-33-24/h4-9,15-16,21,24H,1-3,10-14,17H2,(H,28,29)(H,30,32). The summed E-state index contributed by atoms with van der Waals surface area (Å²) in [6.07, 6.45) is 9.21. The second-order valence-electron chi connectivity index (χ2n) is 8.63. The van der Waals surface area contributed by atoms with Crippen molar-refractivity contribution < 1.29 is 14.4 Å². The average molecular weight is 505 g/mol. The van der Waals surface area contributed by atoms with E-state index in [0.717, 1.165) is 62.3 Å². The van der Waals surface area contributed by atoms with Gasteiger partial charge in [-0.05, 0) is 61.1 Å². The van der Waals surface area contributed by atoms with Crippen molar-refractivity contribution in [3.8, 4) is 0 Å². The zero-order valence-corrected chi connectivity index (χ0v) is 20.5. The Kier molecular flexibility index (Phi) is 9.18. The summed E-state index contributed by atoms with van der Waals surface area (Å²) in [7, 11) is 0. The van der Waals surface area contributed by atoms with Gasteiger partial charge in [0.15, 0.2) is 6.29 Å². The Hall–Kier alpha value is -2.16. The van der Waals surface area contributed by atoms with E-state index in [1.54, 1.807) is 18.3 Å². The van der Waals surface area contributed by atoms with Gasteiger partial charge in [-0.1, -0.05) is 35.3 Å². The molecular formula is C25H30Cl2N4O3. The molecule has 34 heavy (non-hydrogen) atoms. The fraction of sp³-hybridized carbons (Fsp3) is 0.440. The van der Waals surface area contributed by atoms with Crippen LogP contribution in [0.3, 0.4) is 0 Å². The molecule has 2 saturated heterocycles. The molecule has 2 aromatic rings. The normalized spacial score (nSPS) is 19.9.